The SMILES string of the molecule is Cc1oc(C)c(C(=O)c2c(C)c(C)c(C)c(C)c2C)c1C. The molecule has 21 heavy (non-hydrogen) atoms. The predicted molar refractivity (Wildman–Crippen MR) is 86.5 cm³/mol. The Morgan fingerprint density at radius 1 is 0.571 bits per heavy atom. The lowest BCUT2D eigenvalue weighted by Gasteiger charge is -2.18. The van der Waals surface area contributed by atoms with E-state index in [0.717, 1.165) is 33.6 Å². The number of aryl methyl sites for hydroxylation is 2. The van der Waals surface area contributed by atoms with E-state index in [0.29, 0.717) is 5.76 Å². The van der Waals surface area contributed by atoms with Crippen molar-refractivity contribution in [1.82, 2.24) is 0 Å². The van der Waals surface area contributed by atoms with Gasteiger partial charge in [0.2, 0.25) is 0 Å². The fourth-order valence-corrected chi connectivity index (χ4v) is 3.09. The maximum Gasteiger partial charge on any atom is 0.197 e. The highest BCUT2D eigenvalue weighted by molar-refractivity contribution is 6.12. The van der Waals surface area contributed by atoms with Crippen LogP contribution in [0.5, 0.6) is 0 Å². The largest absolute Gasteiger partial charge is 0.466 e. The minimum atomic E-state index is 0.0862. The van der Waals surface area contributed by atoms with Gasteiger partial charge in [0.25, 0.3) is 0 Å². The highest BCUT2D eigenvalue weighted by Crippen LogP contribution is 2.31. The zero-order chi connectivity index (χ0) is 16.1. The molecule has 0 amide bonds. The van der Waals surface area contributed by atoms with Crippen molar-refractivity contribution in [2.24, 2.45) is 0 Å². The molecule has 0 aliphatic rings. The normalized spacial score (nSPS) is 11.0. The quantitative estimate of drug-likeness (QED) is 0.728. The summed E-state index contributed by atoms with van der Waals surface area (Å²) in [5.74, 6) is 1.62. The molecule has 0 spiro atoms. The Kier molecular flexibility index (Phi) is 3.83. The number of rotatable bonds is 2. The molecule has 0 aliphatic heterocycles. The van der Waals surface area contributed by atoms with Crippen LogP contribution in [0, 0.1) is 55.4 Å². The van der Waals surface area contributed by atoms with Crippen molar-refractivity contribution in [3.05, 3.63) is 56.0 Å². The summed E-state index contributed by atoms with van der Waals surface area (Å²) >= 11 is 0. The molecule has 0 unspecified atom stereocenters. The average Bonchev–Trinajstić information content (AvgIpc) is 2.67. The van der Waals surface area contributed by atoms with E-state index >= 15 is 0 Å². The number of ketones is 1. The van der Waals surface area contributed by atoms with Crippen LogP contribution in [-0.4, -0.2) is 5.78 Å². The lowest BCUT2D eigenvalue weighted by molar-refractivity contribution is 0.103. The first-order valence-corrected chi connectivity index (χ1v) is 7.36. The van der Waals surface area contributed by atoms with Crippen LogP contribution in [0.3, 0.4) is 0 Å². The lowest BCUT2D eigenvalue weighted by Crippen LogP contribution is -2.12. The first-order valence-electron chi connectivity index (χ1n) is 7.36. The smallest absolute Gasteiger partial charge is 0.197 e. The Bertz CT molecular complexity index is 717. The molecule has 1 heterocycles. The van der Waals surface area contributed by atoms with E-state index in [9.17, 15) is 4.79 Å². The molecule has 0 bridgehead atoms. The summed E-state index contributed by atoms with van der Waals surface area (Å²) in [7, 11) is 0. The molecule has 1 aromatic carbocycles. The Morgan fingerprint density at radius 2 is 1.00 bits per heavy atom. The molecule has 0 atom stereocenters. The molecule has 0 N–H and O–H groups in total. The lowest BCUT2D eigenvalue weighted by atomic mass is 9.85. The van der Waals surface area contributed by atoms with Gasteiger partial charge < -0.3 is 4.42 Å². The van der Waals surface area contributed by atoms with E-state index in [-0.39, 0.29) is 5.78 Å². The van der Waals surface area contributed by atoms with Crippen LogP contribution in [-0.2, 0) is 0 Å². The highest BCUT2D eigenvalue weighted by atomic mass is 16.3. The first-order chi connectivity index (χ1) is 9.68. The monoisotopic (exact) mass is 284 g/mol. The second-order valence-corrected chi connectivity index (χ2v) is 6.04. The summed E-state index contributed by atoms with van der Waals surface area (Å²) in [6.45, 7) is 16.1. The maximum absolute atomic E-state index is 13.1. The zero-order valence-corrected chi connectivity index (χ0v) is 14.3. The molecule has 2 aromatic rings. The van der Waals surface area contributed by atoms with E-state index < -0.39 is 0 Å². The Morgan fingerprint density at radius 3 is 1.38 bits per heavy atom. The van der Waals surface area contributed by atoms with Gasteiger partial charge in [0, 0.05) is 11.1 Å². The van der Waals surface area contributed by atoms with Crippen LogP contribution < -0.4 is 0 Å². The summed E-state index contributed by atoms with van der Waals surface area (Å²) in [5.41, 5.74) is 8.36. The van der Waals surface area contributed by atoms with Crippen molar-refractivity contribution in [2.75, 3.05) is 0 Å². The Hall–Kier alpha value is -1.83. The van der Waals surface area contributed by atoms with E-state index in [4.69, 9.17) is 4.42 Å². The van der Waals surface area contributed by atoms with Crippen molar-refractivity contribution >= 4 is 5.78 Å². The topological polar surface area (TPSA) is 30.2 Å². The molecule has 0 fully saturated rings. The van der Waals surface area contributed by atoms with Gasteiger partial charge >= 0.3 is 0 Å². The molecule has 0 radical (unpaired) electrons. The van der Waals surface area contributed by atoms with Crippen molar-refractivity contribution < 1.29 is 9.21 Å². The average molecular weight is 284 g/mol. The Balaban J connectivity index is 2.76. The van der Waals surface area contributed by atoms with Gasteiger partial charge in [-0.15, -0.1) is 0 Å². The van der Waals surface area contributed by atoms with E-state index in [1.807, 2.05) is 34.6 Å². The van der Waals surface area contributed by atoms with Gasteiger partial charge in [-0.2, -0.15) is 0 Å². The maximum atomic E-state index is 13.1. The zero-order valence-electron chi connectivity index (χ0n) is 14.3. The molecule has 112 valence electrons. The summed E-state index contributed by atoms with van der Waals surface area (Å²) < 4.78 is 5.63. The van der Waals surface area contributed by atoms with Gasteiger partial charge in [0.15, 0.2) is 5.78 Å². The summed E-state index contributed by atoms with van der Waals surface area (Å²) in [6, 6.07) is 0. The Labute approximate surface area is 127 Å². The van der Waals surface area contributed by atoms with Crippen LogP contribution >= 0.6 is 0 Å². The number of carbonyl (C=O) groups excluding carboxylic acids is 1. The van der Waals surface area contributed by atoms with Gasteiger partial charge in [-0.1, -0.05) is 0 Å². The third kappa shape index (κ3) is 2.23. The molecule has 1 aromatic heterocycles. The van der Waals surface area contributed by atoms with Gasteiger partial charge in [-0.3, -0.25) is 4.79 Å². The number of hydrogen-bond acceptors (Lipinski definition) is 2. The van der Waals surface area contributed by atoms with Crippen molar-refractivity contribution in [2.45, 2.75) is 55.4 Å². The van der Waals surface area contributed by atoms with Gasteiger partial charge in [-0.25, -0.2) is 0 Å². The van der Waals surface area contributed by atoms with Crippen LogP contribution in [0.1, 0.15) is 60.8 Å². The molecule has 2 nitrogen and oxygen atoms in total. The second kappa shape index (κ2) is 5.18. The third-order valence-corrected chi connectivity index (χ3v) is 5.02. The van der Waals surface area contributed by atoms with E-state index in [1.54, 1.807) is 0 Å². The highest BCUT2D eigenvalue weighted by Gasteiger charge is 2.24. The number of hydrogen-bond donors (Lipinski definition) is 0. The second-order valence-electron chi connectivity index (χ2n) is 6.04. The van der Waals surface area contributed by atoms with Crippen molar-refractivity contribution in [3.8, 4) is 0 Å². The van der Waals surface area contributed by atoms with Crippen LogP contribution in [0.15, 0.2) is 4.42 Å². The van der Waals surface area contributed by atoms with E-state index in [2.05, 4.69) is 20.8 Å². The molecule has 0 saturated carbocycles. The summed E-state index contributed by atoms with van der Waals surface area (Å²) in [6.07, 6.45) is 0. The molecule has 2 heteroatoms. The molecule has 0 aliphatic carbocycles. The first kappa shape index (κ1) is 15.6. The van der Waals surface area contributed by atoms with Gasteiger partial charge in [0.05, 0.1) is 5.56 Å². The van der Waals surface area contributed by atoms with Crippen LogP contribution in [0.25, 0.3) is 0 Å². The third-order valence-electron chi connectivity index (χ3n) is 5.02. The van der Waals surface area contributed by atoms with Gasteiger partial charge in [0.1, 0.15) is 11.5 Å². The fraction of sp³-hybridized carbons (Fsp3) is 0.421. The van der Waals surface area contributed by atoms with Crippen LogP contribution in [0.2, 0.25) is 0 Å². The van der Waals surface area contributed by atoms with Crippen molar-refractivity contribution in [1.29, 1.82) is 0 Å². The molecular weight excluding hydrogens is 260 g/mol. The fourth-order valence-electron chi connectivity index (χ4n) is 3.09. The molecular formula is C19H24O2. The molecule has 0 saturated heterocycles. The number of benzene rings is 1. The van der Waals surface area contributed by atoms with Crippen molar-refractivity contribution in [3.63, 3.8) is 0 Å². The summed E-state index contributed by atoms with van der Waals surface area (Å²) in [5, 5.41) is 0. The van der Waals surface area contributed by atoms with Crippen LogP contribution in [0.4, 0.5) is 0 Å². The standard InChI is InChI=1S/C19H24O2/c1-9-10(2)12(4)17(13(5)11(9)3)19(20)18-14(6)15(7)21-16(18)8/h1-8H3. The predicted octanol–water partition coefficient (Wildman–Crippen LogP) is 4.98. The number of carbonyl (C=O) groups is 1. The van der Waals surface area contributed by atoms with Gasteiger partial charge in [-0.05, 0) is 83.2 Å². The number of furan rings is 1. The van der Waals surface area contributed by atoms with E-state index in [1.165, 1.54) is 16.7 Å². The summed E-state index contributed by atoms with van der Waals surface area (Å²) in [4.78, 5) is 13.1. The minimum Gasteiger partial charge on any atom is -0.466 e. The molecule has 2 rings (SSSR count). The minimum absolute atomic E-state index is 0.0862.